The first kappa shape index (κ1) is 45.5. The van der Waals surface area contributed by atoms with Crippen LogP contribution >= 0.6 is 15.8 Å². The second kappa shape index (κ2) is 25.5. The molecule has 18 heteroatoms. The van der Waals surface area contributed by atoms with Crippen LogP contribution in [0.15, 0.2) is 0 Å². The molecule has 0 heterocycles. The van der Waals surface area contributed by atoms with Crippen molar-refractivity contribution in [3.8, 4) is 0 Å². The highest BCUT2D eigenvalue weighted by Crippen LogP contribution is 2.43. The summed E-state index contributed by atoms with van der Waals surface area (Å²) >= 11 is 0. The Morgan fingerprint density at radius 2 is 0.444 bits per heavy atom. The van der Waals surface area contributed by atoms with E-state index >= 15 is 0 Å². The van der Waals surface area contributed by atoms with Crippen LogP contribution in [0, 0.1) is 0 Å². The third-order valence-corrected chi connectivity index (χ3v) is 16.3. The largest absolute Gasteiger partial charge is 0.748 e. The van der Waals surface area contributed by atoms with Crippen LogP contribution in [0.3, 0.4) is 0 Å². The molecule has 0 aromatic carbocycles. The van der Waals surface area contributed by atoms with Crippen molar-refractivity contribution in [2.24, 2.45) is 0 Å². The van der Waals surface area contributed by atoms with Gasteiger partial charge in [0.15, 0.2) is 0 Å². The highest BCUT2D eigenvalue weighted by molar-refractivity contribution is 7.86. The fourth-order valence-corrected chi connectivity index (χ4v) is 12.8. The Bertz CT molecular complexity index is 998. The Balaban J connectivity index is 4.81. The molecule has 0 aliphatic rings. The van der Waals surface area contributed by atoms with Crippen molar-refractivity contribution in [2.45, 2.75) is 109 Å². The molecule has 0 amide bonds. The number of hydrogen-bond acceptors (Lipinski definition) is 12. The predicted molar refractivity (Wildman–Crippen MR) is 180 cm³/mol. The van der Waals surface area contributed by atoms with Gasteiger partial charge in [0, 0.05) is 23.0 Å². The van der Waals surface area contributed by atoms with Crippen molar-refractivity contribution in [1.82, 2.24) is 0 Å². The van der Waals surface area contributed by atoms with Crippen LogP contribution in [-0.2, 0) is 40.5 Å². The first-order valence-corrected chi connectivity index (χ1v) is 26.2. The average molecular weight is 761 g/mol. The summed E-state index contributed by atoms with van der Waals surface area (Å²) in [6.45, 7) is 0. The minimum atomic E-state index is -4.19. The fourth-order valence-electron chi connectivity index (χ4n) is 5.06. The van der Waals surface area contributed by atoms with E-state index in [4.69, 9.17) is 0 Å². The van der Waals surface area contributed by atoms with Gasteiger partial charge in [0.25, 0.3) is 0 Å². The Kier molecular flexibility index (Phi) is 25.8. The van der Waals surface area contributed by atoms with Gasteiger partial charge in [0.1, 0.15) is 0 Å². The molecule has 0 atom stereocenters. The number of rotatable bonds is 32. The molecule has 0 aromatic heterocycles. The Morgan fingerprint density at radius 1 is 0.267 bits per heavy atom. The lowest BCUT2D eigenvalue weighted by molar-refractivity contribution is 0.457. The second-order valence-electron chi connectivity index (χ2n) is 11.7. The Hall–Kier alpha value is 0.500. The fraction of sp³-hybridized carbons (Fsp3) is 1.00. The number of unbranched alkanes of at least 4 members (excludes halogenated alkanes) is 12. The van der Waals surface area contributed by atoms with E-state index in [0.717, 1.165) is 94.8 Å². The summed E-state index contributed by atoms with van der Waals surface area (Å²) < 4.78 is 130. The van der Waals surface area contributed by atoms with Gasteiger partial charge in [-0.3, -0.25) is 0 Å². The Labute approximate surface area is 276 Å². The zero-order valence-electron chi connectivity index (χ0n) is 26.5. The molecule has 0 aliphatic carbocycles. The van der Waals surface area contributed by atoms with Crippen LogP contribution in [0.25, 0.3) is 0 Å². The lowest BCUT2D eigenvalue weighted by atomic mass is 10.2. The SMILES string of the molecule is O=S(=O)([O-])CCCCCCP(CCCCCCS(=O)(=O)[O-])CCCP(CCCCCCS(=O)(=O)[O-])CCCCCCS(=O)(=O)[O-]. The van der Waals surface area contributed by atoms with Gasteiger partial charge in [-0.1, -0.05) is 51.4 Å². The van der Waals surface area contributed by atoms with Crippen molar-refractivity contribution in [2.75, 3.05) is 60.0 Å². The van der Waals surface area contributed by atoms with E-state index in [9.17, 15) is 51.9 Å². The highest BCUT2D eigenvalue weighted by Gasteiger charge is 2.12. The summed E-state index contributed by atoms with van der Waals surface area (Å²) in [5, 5.41) is 0. The maximum absolute atomic E-state index is 10.8. The van der Waals surface area contributed by atoms with Crippen LogP contribution in [0.4, 0.5) is 0 Å². The Morgan fingerprint density at radius 3 is 0.644 bits per heavy atom. The van der Waals surface area contributed by atoms with Crippen LogP contribution in [0.5, 0.6) is 0 Å². The zero-order valence-corrected chi connectivity index (χ0v) is 31.6. The van der Waals surface area contributed by atoms with Gasteiger partial charge in [0.05, 0.1) is 40.5 Å². The second-order valence-corrected chi connectivity index (χ2v) is 23.2. The lowest BCUT2D eigenvalue weighted by Crippen LogP contribution is -2.05. The summed E-state index contributed by atoms with van der Waals surface area (Å²) in [4.78, 5) is 0. The lowest BCUT2D eigenvalue weighted by Gasteiger charge is -2.22. The molecular weight excluding hydrogens is 707 g/mol. The molecule has 0 unspecified atom stereocenters. The van der Waals surface area contributed by atoms with E-state index in [0.29, 0.717) is 51.4 Å². The molecule has 0 fully saturated rings. The summed E-state index contributed by atoms with van der Waals surface area (Å²) in [5.41, 5.74) is 0. The van der Waals surface area contributed by atoms with Crippen molar-refractivity contribution >= 4 is 56.3 Å². The van der Waals surface area contributed by atoms with Crippen LogP contribution in [-0.4, -0.2) is 112 Å². The summed E-state index contributed by atoms with van der Waals surface area (Å²) in [6.07, 6.45) is 19.1. The molecule has 0 rings (SSSR count). The van der Waals surface area contributed by atoms with Crippen LogP contribution in [0.2, 0.25) is 0 Å². The molecular formula is C27H54O12P2S4-4. The molecule has 12 nitrogen and oxygen atoms in total. The van der Waals surface area contributed by atoms with E-state index in [2.05, 4.69) is 0 Å². The molecule has 0 aromatic rings. The monoisotopic (exact) mass is 760 g/mol. The molecule has 0 aliphatic heterocycles. The highest BCUT2D eigenvalue weighted by atomic mass is 32.2. The van der Waals surface area contributed by atoms with E-state index in [1.807, 2.05) is 0 Å². The first-order chi connectivity index (χ1) is 20.9. The topological polar surface area (TPSA) is 229 Å². The maximum atomic E-state index is 10.8. The van der Waals surface area contributed by atoms with Crippen LogP contribution < -0.4 is 0 Å². The first-order valence-electron chi connectivity index (χ1n) is 16.1. The zero-order chi connectivity index (χ0) is 34.2. The van der Waals surface area contributed by atoms with Crippen LogP contribution in [0.1, 0.15) is 109 Å². The minimum Gasteiger partial charge on any atom is -0.748 e. The molecule has 0 N–H and O–H groups in total. The van der Waals surface area contributed by atoms with E-state index in [1.165, 1.54) is 0 Å². The average Bonchev–Trinajstić information content (AvgIpc) is 2.88. The molecule has 0 spiro atoms. The standard InChI is InChI=1S/C27H58O12P2S4/c28-42(29,30)24-13-5-1-9-18-40(19-10-2-6-14-25-43(31,32)33)22-17-23-41(20-11-3-7-15-26-44(34,35)36)21-12-4-8-16-27-45(37,38)39/h1-27H2,(H,28,29,30)(H,31,32,33)(H,34,35,36)(H,37,38,39)/p-4. The molecule has 0 bridgehead atoms. The number of hydrogen-bond donors (Lipinski definition) is 0. The normalized spacial score (nSPS) is 13.3. The molecule has 0 radical (unpaired) electrons. The maximum Gasteiger partial charge on any atom is 0.0945 e. The van der Waals surface area contributed by atoms with E-state index < -0.39 is 40.5 Å². The quantitative estimate of drug-likeness (QED) is 0.0513. The summed E-state index contributed by atoms with van der Waals surface area (Å²) in [5.74, 6) is -1.33. The molecule has 0 saturated carbocycles. The molecule has 272 valence electrons. The van der Waals surface area contributed by atoms with Gasteiger partial charge in [0.2, 0.25) is 0 Å². The van der Waals surface area contributed by atoms with Gasteiger partial charge in [-0.2, -0.15) is 0 Å². The van der Waals surface area contributed by atoms with Crippen molar-refractivity contribution < 1.29 is 51.9 Å². The summed E-state index contributed by atoms with van der Waals surface area (Å²) in [7, 11) is -17.3. The van der Waals surface area contributed by atoms with Gasteiger partial charge in [-0.25, -0.2) is 33.7 Å². The van der Waals surface area contributed by atoms with Gasteiger partial charge in [-0.15, -0.1) is 15.8 Å². The van der Waals surface area contributed by atoms with Crippen molar-refractivity contribution in [1.29, 1.82) is 0 Å². The van der Waals surface area contributed by atoms with E-state index in [1.54, 1.807) is 0 Å². The molecule has 45 heavy (non-hydrogen) atoms. The third kappa shape index (κ3) is 37.2. The van der Waals surface area contributed by atoms with E-state index in [-0.39, 0.29) is 38.9 Å². The third-order valence-electron chi connectivity index (χ3n) is 7.42. The van der Waals surface area contributed by atoms with Gasteiger partial charge < -0.3 is 18.2 Å². The van der Waals surface area contributed by atoms with Gasteiger partial charge >= 0.3 is 0 Å². The summed E-state index contributed by atoms with van der Waals surface area (Å²) in [6, 6.07) is 0. The predicted octanol–water partition coefficient (Wildman–Crippen LogP) is 4.76. The molecule has 0 saturated heterocycles. The minimum absolute atomic E-state index is 0.265. The van der Waals surface area contributed by atoms with Gasteiger partial charge in [-0.05, 0) is 94.8 Å². The van der Waals surface area contributed by atoms with Crippen molar-refractivity contribution in [3.63, 3.8) is 0 Å². The smallest absolute Gasteiger partial charge is 0.0945 e. The van der Waals surface area contributed by atoms with Crippen molar-refractivity contribution in [3.05, 3.63) is 0 Å².